The monoisotopic (exact) mass is 652 g/mol. The number of hydrogen-bond acceptors (Lipinski definition) is 0. The molecule has 0 fully saturated rings. The molecule has 0 saturated carbocycles. The molecule has 0 spiro atoms. The summed E-state index contributed by atoms with van der Waals surface area (Å²) in [6.07, 6.45) is 0. The fourth-order valence-electron chi connectivity index (χ4n) is 10.2. The molecular weight excluding hydrogens is 625 g/mol. The van der Waals surface area contributed by atoms with E-state index in [2.05, 4.69) is 170 Å². The molecule has 0 unspecified atom stereocenters. The number of rotatable bonds is 2. The van der Waals surface area contributed by atoms with Crippen LogP contribution in [0.25, 0.3) is 131 Å². The summed E-state index contributed by atoms with van der Waals surface area (Å²) in [7, 11) is 0. The second-order valence-corrected chi connectivity index (χ2v) is 14.7. The van der Waals surface area contributed by atoms with Crippen LogP contribution in [0.1, 0.15) is 0 Å². The van der Waals surface area contributed by atoms with Gasteiger partial charge in [0.2, 0.25) is 0 Å². The third-order valence-corrected chi connectivity index (χ3v) is 12.2. The van der Waals surface area contributed by atoms with E-state index in [1.807, 2.05) is 0 Å². The molecule has 0 heterocycles. The van der Waals surface area contributed by atoms with E-state index >= 15 is 0 Å². The second kappa shape index (κ2) is 9.51. The van der Waals surface area contributed by atoms with E-state index in [9.17, 15) is 0 Å². The van der Waals surface area contributed by atoms with Gasteiger partial charge in [-0.1, -0.05) is 158 Å². The average Bonchev–Trinajstić information content (AvgIpc) is 3.72. The van der Waals surface area contributed by atoms with Crippen LogP contribution in [0.2, 0.25) is 0 Å². The standard InChI is InChI=1S/C52H28/c1-3-11-29(12-4-1)45-43-27-31-15-7-8-16-32(31)28-44(43)46(30-13-5-2-6-14-30)52-42-26-24-40-38-22-20-36-34-18-10-9-17-33(34)35-19-21-37(48(38)47(35)36)39-23-25-41(51(45)52)50(42)49(39)40/h1-28H. The Bertz CT molecular complexity index is 3150. The van der Waals surface area contributed by atoms with Crippen molar-refractivity contribution in [3.05, 3.63) is 170 Å². The van der Waals surface area contributed by atoms with E-state index < -0.39 is 0 Å². The van der Waals surface area contributed by atoms with Gasteiger partial charge in [-0.15, -0.1) is 0 Å². The summed E-state index contributed by atoms with van der Waals surface area (Å²) in [6, 6.07) is 64.0. The molecule has 0 heteroatoms. The molecule has 11 aromatic rings. The van der Waals surface area contributed by atoms with Crippen LogP contribution in [0.5, 0.6) is 0 Å². The minimum Gasteiger partial charge on any atom is -0.0622 e. The number of hydrogen-bond donors (Lipinski definition) is 0. The molecule has 0 N–H and O–H groups in total. The van der Waals surface area contributed by atoms with Crippen LogP contribution < -0.4 is 0 Å². The lowest BCUT2D eigenvalue weighted by molar-refractivity contribution is 1.63. The Labute approximate surface area is 300 Å². The van der Waals surface area contributed by atoms with Gasteiger partial charge in [0.1, 0.15) is 0 Å². The van der Waals surface area contributed by atoms with Crippen LogP contribution in [-0.4, -0.2) is 0 Å². The Kier molecular flexibility index (Phi) is 4.94. The molecule has 0 saturated heterocycles. The first-order valence-electron chi connectivity index (χ1n) is 18.3. The summed E-state index contributed by atoms with van der Waals surface area (Å²) in [6.45, 7) is 0. The second-order valence-electron chi connectivity index (χ2n) is 14.7. The normalized spacial score (nSPS) is 12.6. The first-order valence-corrected chi connectivity index (χ1v) is 18.3. The van der Waals surface area contributed by atoms with Crippen molar-refractivity contribution >= 4 is 64.6 Å². The van der Waals surface area contributed by atoms with Crippen molar-refractivity contribution in [3.63, 3.8) is 0 Å². The van der Waals surface area contributed by atoms with Crippen molar-refractivity contribution in [2.45, 2.75) is 0 Å². The van der Waals surface area contributed by atoms with E-state index in [-0.39, 0.29) is 0 Å². The van der Waals surface area contributed by atoms with Crippen LogP contribution in [0, 0.1) is 0 Å². The van der Waals surface area contributed by atoms with E-state index in [1.54, 1.807) is 0 Å². The highest BCUT2D eigenvalue weighted by molar-refractivity contribution is 6.41. The lowest BCUT2D eigenvalue weighted by Crippen LogP contribution is -1.94. The van der Waals surface area contributed by atoms with Gasteiger partial charge in [-0.3, -0.25) is 0 Å². The fourth-order valence-corrected chi connectivity index (χ4v) is 10.2. The minimum atomic E-state index is 1.25. The number of fused-ring (bicyclic) bond motifs is 10. The first-order chi connectivity index (χ1) is 25.8. The molecule has 2 aliphatic rings. The summed E-state index contributed by atoms with van der Waals surface area (Å²) < 4.78 is 0. The van der Waals surface area contributed by atoms with Crippen molar-refractivity contribution < 1.29 is 0 Å². The Morgan fingerprint density at radius 3 is 1.02 bits per heavy atom. The molecule has 0 aliphatic heterocycles. The van der Waals surface area contributed by atoms with Crippen molar-refractivity contribution in [2.75, 3.05) is 0 Å². The summed E-state index contributed by atoms with van der Waals surface area (Å²) in [5, 5.41) is 16.1. The fraction of sp³-hybridized carbons (Fsp3) is 0. The van der Waals surface area contributed by atoms with Crippen molar-refractivity contribution in [2.24, 2.45) is 0 Å². The Balaban J connectivity index is 1.24. The van der Waals surface area contributed by atoms with Crippen molar-refractivity contribution in [3.8, 4) is 66.8 Å². The highest BCUT2D eigenvalue weighted by Crippen LogP contribution is 2.60. The largest absolute Gasteiger partial charge is 0.0622 e. The molecule has 52 heavy (non-hydrogen) atoms. The summed E-state index contributed by atoms with van der Waals surface area (Å²) in [5.74, 6) is 0. The molecule has 0 bridgehead atoms. The van der Waals surface area contributed by atoms with Crippen molar-refractivity contribution in [1.82, 2.24) is 0 Å². The minimum absolute atomic E-state index is 1.25. The zero-order chi connectivity index (χ0) is 33.7. The third-order valence-electron chi connectivity index (χ3n) is 12.2. The van der Waals surface area contributed by atoms with Gasteiger partial charge in [-0.2, -0.15) is 0 Å². The van der Waals surface area contributed by atoms with Crippen molar-refractivity contribution in [1.29, 1.82) is 0 Å². The van der Waals surface area contributed by atoms with Gasteiger partial charge in [0, 0.05) is 0 Å². The predicted octanol–water partition coefficient (Wildman–Crippen LogP) is 14.7. The zero-order valence-electron chi connectivity index (χ0n) is 28.2. The lowest BCUT2D eigenvalue weighted by Gasteiger charge is -2.21. The topological polar surface area (TPSA) is 0 Å². The average molecular weight is 653 g/mol. The molecule has 0 atom stereocenters. The van der Waals surface area contributed by atoms with Gasteiger partial charge < -0.3 is 0 Å². The van der Waals surface area contributed by atoms with E-state index in [1.165, 1.54) is 131 Å². The van der Waals surface area contributed by atoms with Gasteiger partial charge in [0.05, 0.1) is 0 Å². The first kappa shape index (κ1) is 27.0. The predicted molar refractivity (Wildman–Crippen MR) is 222 cm³/mol. The molecule has 0 nitrogen and oxygen atoms in total. The number of benzene rings is 11. The SMILES string of the molecule is c1ccc(-c2c3c(c(-c4ccccc4)c4cc5ccccc5cc24)-c2ccc4c5ccc6c7c(ccc(c8ccc-3c2c84)c75)-c2ccccc2-6)cc1. The Hall–Kier alpha value is -6.76. The molecule has 11 aromatic carbocycles. The summed E-state index contributed by atoms with van der Waals surface area (Å²) >= 11 is 0. The van der Waals surface area contributed by atoms with Gasteiger partial charge >= 0.3 is 0 Å². The molecule has 0 aromatic heterocycles. The van der Waals surface area contributed by atoms with Gasteiger partial charge in [0.25, 0.3) is 0 Å². The summed E-state index contributed by atoms with van der Waals surface area (Å²) in [4.78, 5) is 0. The quantitative estimate of drug-likeness (QED) is 0.129. The van der Waals surface area contributed by atoms with Crippen LogP contribution in [-0.2, 0) is 0 Å². The van der Waals surface area contributed by atoms with E-state index in [0.717, 1.165) is 0 Å². The molecule has 0 radical (unpaired) electrons. The van der Waals surface area contributed by atoms with E-state index in [4.69, 9.17) is 0 Å². The van der Waals surface area contributed by atoms with E-state index in [0.29, 0.717) is 0 Å². The van der Waals surface area contributed by atoms with Crippen LogP contribution in [0.3, 0.4) is 0 Å². The third kappa shape index (κ3) is 3.20. The van der Waals surface area contributed by atoms with Gasteiger partial charge in [-0.25, -0.2) is 0 Å². The smallest absolute Gasteiger partial charge is 0.000740 e. The molecule has 236 valence electrons. The Morgan fingerprint density at radius 1 is 0.212 bits per heavy atom. The van der Waals surface area contributed by atoms with Crippen LogP contribution >= 0.6 is 0 Å². The Morgan fingerprint density at radius 2 is 0.577 bits per heavy atom. The molecule has 2 aliphatic carbocycles. The van der Waals surface area contributed by atoms with Crippen LogP contribution in [0.4, 0.5) is 0 Å². The molecule has 0 amide bonds. The highest BCUT2D eigenvalue weighted by atomic mass is 14.4. The molecular formula is C52H28. The summed E-state index contributed by atoms with van der Waals surface area (Å²) in [5.41, 5.74) is 15.9. The maximum absolute atomic E-state index is 2.44. The highest BCUT2D eigenvalue weighted by Gasteiger charge is 2.33. The van der Waals surface area contributed by atoms with Crippen LogP contribution in [0.15, 0.2) is 170 Å². The van der Waals surface area contributed by atoms with Gasteiger partial charge in [0.15, 0.2) is 0 Å². The maximum Gasteiger partial charge on any atom is -0.000740 e. The zero-order valence-corrected chi connectivity index (χ0v) is 28.2. The molecule has 13 rings (SSSR count). The van der Waals surface area contributed by atoms with Gasteiger partial charge in [-0.05, 0) is 144 Å². The maximum atomic E-state index is 2.44. The lowest BCUT2D eigenvalue weighted by atomic mass is 9.82.